The maximum Gasteiger partial charge on any atom is 0.0350 e. The molecule has 0 radical (unpaired) electrons. The summed E-state index contributed by atoms with van der Waals surface area (Å²) in [5.74, 6) is 0. The molecule has 138 valence electrons. The van der Waals surface area contributed by atoms with Gasteiger partial charge in [-0.3, -0.25) is 4.90 Å². The van der Waals surface area contributed by atoms with Gasteiger partial charge in [0.25, 0.3) is 0 Å². The fourth-order valence-corrected chi connectivity index (χ4v) is 5.70. The second-order valence-electron chi connectivity index (χ2n) is 9.02. The first-order valence-electron chi connectivity index (χ1n) is 10.6. The molecular formula is C20H38N4. The van der Waals surface area contributed by atoms with Crippen LogP contribution in [0, 0.1) is 5.41 Å². The summed E-state index contributed by atoms with van der Waals surface area (Å²) in [5.41, 5.74) is 0.710. The number of piperidine rings is 2. The lowest BCUT2D eigenvalue weighted by atomic mass is 9.71. The van der Waals surface area contributed by atoms with Crippen LogP contribution in [0.1, 0.15) is 46.0 Å². The molecule has 4 saturated heterocycles. The smallest absolute Gasteiger partial charge is 0.0350 e. The molecule has 0 aromatic carbocycles. The number of likely N-dealkylation sites (tertiary alicyclic amines) is 4. The average molecular weight is 335 g/mol. The zero-order valence-electron chi connectivity index (χ0n) is 16.1. The van der Waals surface area contributed by atoms with Crippen molar-refractivity contribution in [3.05, 3.63) is 0 Å². The predicted octanol–water partition coefficient (Wildman–Crippen LogP) is 1.96. The Kier molecular flexibility index (Phi) is 5.19. The Hall–Kier alpha value is -0.160. The van der Waals surface area contributed by atoms with E-state index in [1.165, 1.54) is 97.6 Å². The first kappa shape index (κ1) is 17.3. The third-order valence-corrected chi connectivity index (χ3v) is 7.43. The van der Waals surface area contributed by atoms with Gasteiger partial charge in [0.1, 0.15) is 0 Å². The fraction of sp³-hybridized carbons (Fsp3) is 1.00. The summed E-state index contributed by atoms with van der Waals surface area (Å²) in [5, 5.41) is 0. The van der Waals surface area contributed by atoms with Crippen LogP contribution in [0.15, 0.2) is 0 Å². The molecule has 4 fully saturated rings. The largest absolute Gasteiger partial charge is 0.302 e. The van der Waals surface area contributed by atoms with Gasteiger partial charge >= 0.3 is 0 Å². The molecule has 0 amide bonds. The molecule has 0 aliphatic carbocycles. The van der Waals surface area contributed by atoms with Gasteiger partial charge in [-0.05, 0) is 63.7 Å². The summed E-state index contributed by atoms with van der Waals surface area (Å²) >= 11 is 0. The van der Waals surface area contributed by atoms with E-state index in [2.05, 4.69) is 33.4 Å². The van der Waals surface area contributed by atoms with Crippen molar-refractivity contribution in [1.29, 1.82) is 0 Å². The Morgan fingerprint density at radius 1 is 0.792 bits per heavy atom. The van der Waals surface area contributed by atoms with Gasteiger partial charge in [0, 0.05) is 51.4 Å². The van der Waals surface area contributed by atoms with Crippen LogP contribution in [0.3, 0.4) is 0 Å². The number of nitrogens with zero attached hydrogens (tertiary/aromatic N) is 4. The molecule has 24 heavy (non-hydrogen) atoms. The first-order valence-corrected chi connectivity index (χ1v) is 10.6. The summed E-state index contributed by atoms with van der Waals surface area (Å²) in [7, 11) is 0. The van der Waals surface area contributed by atoms with Crippen molar-refractivity contribution in [3.63, 3.8) is 0 Å². The maximum atomic E-state index is 2.85. The minimum atomic E-state index is 0.710. The number of likely N-dealkylation sites (N-methyl/N-ethyl adjacent to an activating group) is 1. The van der Waals surface area contributed by atoms with Crippen LogP contribution in [0.4, 0.5) is 0 Å². The lowest BCUT2D eigenvalue weighted by molar-refractivity contribution is -0.0616. The van der Waals surface area contributed by atoms with Crippen LogP contribution in [0.25, 0.3) is 0 Å². The molecular weight excluding hydrogens is 296 g/mol. The van der Waals surface area contributed by atoms with Gasteiger partial charge in [0.15, 0.2) is 0 Å². The van der Waals surface area contributed by atoms with Gasteiger partial charge < -0.3 is 14.7 Å². The molecule has 0 atom stereocenters. The Bertz CT molecular complexity index is 396. The van der Waals surface area contributed by atoms with E-state index in [0.29, 0.717) is 5.41 Å². The van der Waals surface area contributed by atoms with E-state index in [-0.39, 0.29) is 0 Å². The highest BCUT2D eigenvalue weighted by Crippen LogP contribution is 2.41. The van der Waals surface area contributed by atoms with E-state index < -0.39 is 0 Å². The summed E-state index contributed by atoms with van der Waals surface area (Å²) in [6.45, 7) is 18.0. The molecule has 0 aromatic rings. The zero-order valence-corrected chi connectivity index (χ0v) is 16.1. The Morgan fingerprint density at radius 2 is 1.42 bits per heavy atom. The van der Waals surface area contributed by atoms with E-state index in [1.54, 1.807) is 0 Å². The molecule has 0 bridgehead atoms. The molecule has 4 nitrogen and oxygen atoms in total. The van der Waals surface area contributed by atoms with Gasteiger partial charge in [0.05, 0.1) is 0 Å². The van der Waals surface area contributed by atoms with Gasteiger partial charge in [-0.25, -0.2) is 0 Å². The predicted molar refractivity (Wildman–Crippen MR) is 100 cm³/mol. The molecule has 0 saturated carbocycles. The Labute approximate surface area is 149 Å². The third kappa shape index (κ3) is 3.40. The van der Waals surface area contributed by atoms with Crippen LogP contribution in [-0.4, -0.2) is 97.1 Å². The number of hydrogen-bond donors (Lipinski definition) is 0. The second kappa shape index (κ2) is 7.22. The minimum Gasteiger partial charge on any atom is -0.302 e. The van der Waals surface area contributed by atoms with Crippen LogP contribution in [0.2, 0.25) is 0 Å². The quantitative estimate of drug-likeness (QED) is 0.762. The molecule has 0 aromatic heterocycles. The monoisotopic (exact) mass is 334 g/mol. The van der Waals surface area contributed by atoms with Crippen LogP contribution in [-0.2, 0) is 0 Å². The molecule has 4 rings (SSSR count). The molecule has 4 heteroatoms. The Balaban J connectivity index is 1.17. The maximum absolute atomic E-state index is 2.85. The van der Waals surface area contributed by atoms with E-state index >= 15 is 0 Å². The SMILES string of the molecule is CCCN1CC2(CCN(C3CCN(C4CN(CC)C4)CC3)CC2)C1. The van der Waals surface area contributed by atoms with Crippen molar-refractivity contribution >= 4 is 0 Å². The zero-order chi connectivity index (χ0) is 16.6. The topological polar surface area (TPSA) is 13.0 Å². The lowest BCUT2D eigenvalue weighted by Crippen LogP contribution is -2.63. The van der Waals surface area contributed by atoms with Crippen molar-refractivity contribution in [3.8, 4) is 0 Å². The van der Waals surface area contributed by atoms with Crippen LogP contribution < -0.4 is 0 Å². The highest BCUT2D eigenvalue weighted by Gasteiger charge is 2.45. The Morgan fingerprint density at radius 3 is 2.00 bits per heavy atom. The normalized spacial score (nSPS) is 31.2. The molecule has 4 heterocycles. The van der Waals surface area contributed by atoms with E-state index in [4.69, 9.17) is 0 Å². The van der Waals surface area contributed by atoms with Crippen molar-refractivity contribution in [2.45, 2.75) is 58.0 Å². The fourth-order valence-electron chi connectivity index (χ4n) is 5.70. The third-order valence-electron chi connectivity index (χ3n) is 7.43. The van der Waals surface area contributed by atoms with Crippen LogP contribution >= 0.6 is 0 Å². The van der Waals surface area contributed by atoms with Gasteiger partial charge in [-0.15, -0.1) is 0 Å². The second-order valence-corrected chi connectivity index (χ2v) is 9.02. The molecule has 0 unspecified atom stereocenters. The molecule has 0 N–H and O–H groups in total. The van der Waals surface area contributed by atoms with E-state index in [0.717, 1.165) is 12.1 Å². The van der Waals surface area contributed by atoms with Gasteiger partial charge in [0.2, 0.25) is 0 Å². The molecule has 4 aliphatic heterocycles. The summed E-state index contributed by atoms with van der Waals surface area (Å²) in [4.78, 5) is 10.9. The van der Waals surface area contributed by atoms with Gasteiger partial charge in [-0.1, -0.05) is 13.8 Å². The van der Waals surface area contributed by atoms with Gasteiger partial charge in [-0.2, -0.15) is 0 Å². The average Bonchev–Trinajstić information content (AvgIpc) is 2.54. The summed E-state index contributed by atoms with van der Waals surface area (Å²) in [6.07, 6.45) is 7.07. The minimum absolute atomic E-state index is 0.710. The first-order chi connectivity index (χ1) is 11.7. The van der Waals surface area contributed by atoms with E-state index in [1.807, 2.05) is 0 Å². The highest BCUT2D eigenvalue weighted by atomic mass is 15.3. The molecule has 4 aliphatic rings. The van der Waals surface area contributed by atoms with Crippen molar-refractivity contribution in [2.24, 2.45) is 5.41 Å². The summed E-state index contributed by atoms with van der Waals surface area (Å²) in [6, 6.07) is 1.75. The van der Waals surface area contributed by atoms with Crippen molar-refractivity contribution in [2.75, 3.05) is 65.4 Å². The van der Waals surface area contributed by atoms with Crippen molar-refractivity contribution in [1.82, 2.24) is 19.6 Å². The summed E-state index contributed by atoms with van der Waals surface area (Å²) < 4.78 is 0. The standard InChI is InChI=1S/C20H38N4/c1-3-9-22-16-20(17-22)7-12-24(13-8-20)18-5-10-23(11-6-18)19-14-21(4-2)15-19/h18-19H,3-17H2,1-2H3. The lowest BCUT2D eigenvalue weighted by Gasteiger charge is -2.56. The van der Waals surface area contributed by atoms with Crippen LogP contribution in [0.5, 0.6) is 0 Å². The number of hydrogen-bond acceptors (Lipinski definition) is 4. The van der Waals surface area contributed by atoms with E-state index in [9.17, 15) is 0 Å². The van der Waals surface area contributed by atoms with Crippen molar-refractivity contribution < 1.29 is 0 Å². The molecule has 1 spiro atoms. The highest BCUT2D eigenvalue weighted by molar-refractivity contribution is 4.99. The number of rotatable bonds is 5.